The topological polar surface area (TPSA) is 72.8 Å². The number of aliphatic hydroxyl groups is 1. The molecule has 0 spiro atoms. The molecule has 1 N–H and O–H groups in total. The van der Waals surface area contributed by atoms with Crippen LogP contribution in [-0.4, -0.2) is 36.8 Å². The molecule has 1 unspecified atom stereocenters. The molecular formula is C15H17F3O5. The summed E-state index contributed by atoms with van der Waals surface area (Å²) in [5, 5.41) is 10.1. The molecule has 8 heteroatoms. The molecule has 5 nitrogen and oxygen atoms in total. The van der Waals surface area contributed by atoms with Crippen molar-refractivity contribution >= 4 is 11.8 Å². The van der Waals surface area contributed by atoms with Crippen molar-refractivity contribution < 1.29 is 37.3 Å². The number of carbonyl (C=O) groups is 2. The first-order chi connectivity index (χ1) is 10.6. The summed E-state index contributed by atoms with van der Waals surface area (Å²) in [5.74, 6) is -1.70. The summed E-state index contributed by atoms with van der Waals surface area (Å²) in [5.41, 5.74) is -3.90. The maximum atomic E-state index is 13.3. The minimum atomic E-state index is -5.09. The van der Waals surface area contributed by atoms with Crippen molar-refractivity contribution in [1.82, 2.24) is 0 Å². The number of ether oxygens (including phenoxy) is 2. The molecule has 1 aromatic rings. The second kappa shape index (κ2) is 7.45. The molecule has 1 aromatic carbocycles. The summed E-state index contributed by atoms with van der Waals surface area (Å²) in [6, 6.07) is 4.51. The Labute approximate surface area is 131 Å². The van der Waals surface area contributed by atoms with E-state index >= 15 is 0 Å². The molecule has 128 valence electrons. The van der Waals surface area contributed by atoms with Gasteiger partial charge in [0, 0.05) is 6.42 Å². The first-order valence-electron chi connectivity index (χ1n) is 6.75. The monoisotopic (exact) mass is 334 g/mol. The Morgan fingerprint density at radius 1 is 1.17 bits per heavy atom. The molecule has 1 atom stereocenters. The maximum Gasteiger partial charge on any atom is 0.421 e. The Morgan fingerprint density at radius 2 is 1.74 bits per heavy atom. The number of hydrogen-bond donors (Lipinski definition) is 1. The van der Waals surface area contributed by atoms with Crippen LogP contribution in [-0.2, 0) is 19.9 Å². The van der Waals surface area contributed by atoms with Crippen molar-refractivity contribution in [3.63, 3.8) is 0 Å². The van der Waals surface area contributed by atoms with Gasteiger partial charge in [0.15, 0.2) is 5.60 Å². The van der Waals surface area contributed by atoms with Crippen LogP contribution in [0.2, 0.25) is 0 Å². The first kappa shape index (κ1) is 19.0. The van der Waals surface area contributed by atoms with Gasteiger partial charge in [0.05, 0.1) is 13.7 Å². The van der Waals surface area contributed by atoms with Crippen molar-refractivity contribution in [1.29, 1.82) is 0 Å². The smallest absolute Gasteiger partial charge is 0.421 e. The van der Waals surface area contributed by atoms with Gasteiger partial charge < -0.3 is 14.6 Å². The summed E-state index contributed by atoms with van der Waals surface area (Å²) in [6.07, 6.45) is -7.20. The molecule has 0 bridgehead atoms. The van der Waals surface area contributed by atoms with E-state index in [2.05, 4.69) is 4.74 Å². The van der Waals surface area contributed by atoms with Gasteiger partial charge >= 0.3 is 12.1 Å². The quantitative estimate of drug-likeness (QED) is 0.612. The Morgan fingerprint density at radius 3 is 2.17 bits per heavy atom. The second-order valence-corrected chi connectivity index (χ2v) is 4.78. The SMILES string of the molecule is CCOC(=O)CC(=O)CC(O)(c1ccc(OC)cc1)C(F)(F)F. The number of rotatable bonds is 7. The molecule has 0 fully saturated rings. The lowest BCUT2D eigenvalue weighted by molar-refractivity contribution is -0.267. The van der Waals surface area contributed by atoms with Crippen molar-refractivity contribution in [2.45, 2.75) is 31.5 Å². The lowest BCUT2D eigenvalue weighted by atomic mass is 9.87. The molecule has 0 radical (unpaired) electrons. The second-order valence-electron chi connectivity index (χ2n) is 4.78. The molecule has 0 saturated carbocycles. The van der Waals surface area contributed by atoms with E-state index < -0.39 is 41.9 Å². The number of methoxy groups -OCH3 is 1. The fraction of sp³-hybridized carbons (Fsp3) is 0.467. The minimum Gasteiger partial charge on any atom is -0.497 e. The average molecular weight is 334 g/mol. The summed E-state index contributed by atoms with van der Waals surface area (Å²) in [4.78, 5) is 22.9. The summed E-state index contributed by atoms with van der Waals surface area (Å²) < 4.78 is 49.2. The van der Waals surface area contributed by atoms with E-state index in [0.29, 0.717) is 5.75 Å². The predicted molar refractivity (Wildman–Crippen MR) is 73.8 cm³/mol. The van der Waals surface area contributed by atoms with Gasteiger partial charge in [-0.05, 0) is 24.6 Å². The van der Waals surface area contributed by atoms with Gasteiger partial charge in [-0.2, -0.15) is 13.2 Å². The standard InChI is InChI=1S/C15H17F3O5/c1-3-23-13(20)8-11(19)9-14(21,15(16,17)18)10-4-6-12(22-2)7-5-10/h4-7,21H,3,8-9H2,1-2H3. The number of esters is 1. The van der Waals surface area contributed by atoms with E-state index in [4.69, 9.17) is 4.74 Å². The highest BCUT2D eigenvalue weighted by molar-refractivity contribution is 5.96. The number of halogens is 3. The van der Waals surface area contributed by atoms with E-state index in [0.717, 1.165) is 12.1 Å². The minimum absolute atomic E-state index is 0.00807. The highest BCUT2D eigenvalue weighted by Gasteiger charge is 2.55. The molecular weight excluding hydrogens is 317 g/mol. The highest BCUT2D eigenvalue weighted by Crippen LogP contribution is 2.42. The van der Waals surface area contributed by atoms with Crippen LogP contribution in [0.3, 0.4) is 0 Å². The van der Waals surface area contributed by atoms with Crippen LogP contribution in [0.5, 0.6) is 5.75 Å². The number of alkyl halides is 3. The van der Waals surface area contributed by atoms with Gasteiger partial charge in [0.25, 0.3) is 0 Å². The van der Waals surface area contributed by atoms with E-state index in [1.54, 1.807) is 0 Å². The third kappa shape index (κ3) is 4.69. The number of Topliss-reactive ketones (excluding diaryl/α,β-unsaturated/α-hetero) is 1. The fourth-order valence-electron chi connectivity index (χ4n) is 1.95. The van der Waals surface area contributed by atoms with Gasteiger partial charge in [-0.15, -0.1) is 0 Å². The van der Waals surface area contributed by atoms with Gasteiger partial charge in [0.1, 0.15) is 18.0 Å². The first-order valence-corrected chi connectivity index (χ1v) is 6.75. The van der Waals surface area contributed by atoms with Gasteiger partial charge in [-0.1, -0.05) is 12.1 Å². The molecule has 0 aliphatic heterocycles. The molecule has 0 aliphatic carbocycles. The van der Waals surface area contributed by atoms with E-state index in [1.807, 2.05) is 0 Å². The Balaban J connectivity index is 3.03. The third-order valence-corrected chi connectivity index (χ3v) is 3.14. The molecule has 1 rings (SSSR count). The molecule has 0 saturated heterocycles. The molecule has 0 aromatic heterocycles. The number of benzene rings is 1. The van der Waals surface area contributed by atoms with Gasteiger partial charge in [-0.3, -0.25) is 9.59 Å². The zero-order chi connectivity index (χ0) is 17.7. The van der Waals surface area contributed by atoms with Gasteiger partial charge in [0.2, 0.25) is 0 Å². The number of hydrogen-bond acceptors (Lipinski definition) is 5. The summed E-state index contributed by atoms with van der Waals surface area (Å²) in [7, 11) is 1.34. The normalized spacial score (nSPS) is 14.0. The van der Waals surface area contributed by atoms with Crippen molar-refractivity contribution in [3.8, 4) is 5.75 Å². The average Bonchev–Trinajstić information content (AvgIpc) is 2.46. The molecule has 23 heavy (non-hydrogen) atoms. The van der Waals surface area contributed by atoms with Crippen molar-refractivity contribution in [2.24, 2.45) is 0 Å². The lowest BCUT2D eigenvalue weighted by Gasteiger charge is -2.30. The molecule has 0 aliphatic rings. The predicted octanol–water partition coefficient (Wildman–Crippen LogP) is 2.36. The van der Waals surface area contributed by atoms with E-state index in [1.165, 1.54) is 26.2 Å². The summed E-state index contributed by atoms with van der Waals surface area (Å²) >= 11 is 0. The van der Waals surface area contributed by atoms with E-state index in [-0.39, 0.29) is 6.61 Å². The van der Waals surface area contributed by atoms with Crippen LogP contribution in [0, 0.1) is 0 Å². The summed E-state index contributed by atoms with van der Waals surface area (Å²) in [6.45, 7) is 1.51. The largest absolute Gasteiger partial charge is 0.497 e. The Kier molecular flexibility index (Phi) is 6.14. The number of carbonyl (C=O) groups excluding carboxylic acids is 2. The fourth-order valence-corrected chi connectivity index (χ4v) is 1.95. The van der Waals surface area contributed by atoms with Crippen LogP contribution in [0.15, 0.2) is 24.3 Å². The lowest BCUT2D eigenvalue weighted by Crippen LogP contribution is -2.44. The zero-order valence-corrected chi connectivity index (χ0v) is 12.6. The van der Waals surface area contributed by atoms with Crippen molar-refractivity contribution in [3.05, 3.63) is 29.8 Å². The number of ketones is 1. The third-order valence-electron chi connectivity index (χ3n) is 3.14. The van der Waals surface area contributed by atoms with Gasteiger partial charge in [-0.25, -0.2) is 0 Å². The zero-order valence-electron chi connectivity index (χ0n) is 12.6. The van der Waals surface area contributed by atoms with Crippen LogP contribution in [0.4, 0.5) is 13.2 Å². The van der Waals surface area contributed by atoms with Crippen molar-refractivity contribution in [2.75, 3.05) is 13.7 Å². The van der Waals surface area contributed by atoms with Crippen LogP contribution >= 0.6 is 0 Å². The Bertz CT molecular complexity index is 553. The maximum absolute atomic E-state index is 13.3. The molecule has 0 heterocycles. The van der Waals surface area contributed by atoms with Crippen LogP contribution in [0.1, 0.15) is 25.3 Å². The van der Waals surface area contributed by atoms with Crippen LogP contribution < -0.4 is 4.74 Å². The van der Waals surface area contributed by atoms with Crippen LogP contribution in [0.25, 0.3) is 0 Å². The van der Waals surface area contributed by atoms with E-state index in [9.17, 15) is 27.9 Å². The highest BCUT2D eigenvalue weighted by atomic mass is 19.4. The molecule has 0 amide bonds. The Hall–Kier alpha value is -2.09.